The lowest BCUT2D eigenvalue weighted by Gasteiger charge is -2.64. The summed E-state index contributed by atoms with van der Waals surface area (Å²) in [6.45, 7) is 8.16. The number of hydrogen-bond donors (Lipinski definition) is 1. The second-order valence-corrected chi connectivity index (χ2v) is 6.35. The average molecular weight is 227 g/mol. The highest BCUT2D eigenvalue weighted by atomic mass is 16.5. The third-order valence-electron chi connectivity index (χ3n) is 4.00. The number of hydrogen-bond acceptors (Lipinski definition) is 3. The van der Waals surface area contributed by atoms with Crippen LogP contribution in [0.1, 0.15) is 33.6 Å². The van der Waals surface area contributed by atoms with Crippen LogP contribution in [0.15, 0.2) is 0 Å². The molecule has 2 fully saturated rings. The van der Waals surface area contributed by atoms with Gasteiger partial charge in [0.05, 0.1) is 18.8 Å². The number of amides is 1. The van der Waals surface area contributed by atoms with Gasteiger partial charge in [-0.2, -0.15) is 0 Å². The third kappa shape index (κ3) is 1.74. The zero-order valence-electron chi connectivity index (χ0n) is 10.3. The maximum Gasteiger partial charge on any atom is 0.243 e. The molecule has 1 aliphatic carbocycles. The predicted molar refractivity (Wildman–Crippen MR) is 59.8 cm³/mol. The quantitative estimate of drug-likeness (QED) is 0.785. The van der Waals surface area contributed by atoms with E-state index in [0.29, 0.717) is 5.41 Å². The summed E-state index contributed by atoms with van der Waals surface area (Å²) in [5, 5.41) is 0. The molecule has 1 heterocycles. The average Bonchev–Trinajstić information content (AvgIpc) is 1.95. The van der Waals surface area contributed by atoms with Crippen molar-refractivity contribution in [1.29, 1.82) is 0 Å². The monoisotopic (exact) mass is 227 g/mol. The molecule has 0 unspecified atom stereocenters. The molecular formula is C12H21NO3. The van der Waals surface area contributed by atoms with Gasteiger partial charge in [-0.05, 0) is 18.3 Å². The van der Waals surface area contributed by atoms with Crippen molar-refractivity contribution in [3.8, 4) is 0 Å². The third-order valence-corrected chi connectivity index (χ3v) is 4.00. The molecule has 4 nitrogen and oxygen atoms in total. The second kappa shape index (κ2) is 3.44. The van der Waals surface area contributed by atoms with Crippen LogP contribution < -0.4 is 5.73 Å². The van der Waals surface area contributed by atoms with Gasteiger partial charge in [-0.3, -0.25) is 4.79 Å². The Morgan fingerprint density at radius 1 is 1.38 bits per heavy atom. The molecule has 1 amide bonds. The van der Waals surface area contributed by atoms with E-state index in [0.717, 1.165) is 26.1 Å². The molecule has 2 N–H and O–H groups in total. The van der Waals surface area contributed by atoms with Gasteiger partial charge >= 0.3 is 0 Å². The summed E-state index contributed by atoms with van der Waals surface area (Å²) in [6, 6.07) is 0. The number of primary amides is 1. The molecule has 0 aromatic rings. The lowest BCUT2D eigenvalue weighted by Crippen LogP contribution is -2.67. The topological polar surface area (TPSA) is 61.5 Å². The van der Waals surface area contributed by atoms with Gasteiger partial charge in [0.25, 0.3) is 0 Å². The zero-order chi connectivity index (χ0) is 12.0. The fourth-order valence-electron chi connectivity index (χ4n) is 2.81. The van der Waals surface area contributed by atoms with Gasteiger partial charge in [0.2, 0.25) is 5.91 Å². The highest BCUT2D eigenvalue weighted by Gasteiger charge is 2.63. The normalized spacial score (nSPS) is 25.9. The Bertz CT molecular complexity index is 294. The molecule has 0 aromatic heterocycles. The van der Waals surface area contributed by atoms with Crippen molar-refractivity contribution >= 4 is 5.91 Å². The van der Waals surface area contributed by atoms with Crippen LogP contribution in [0.3, 0.4) is 0 Å². The van der Waals surface area contributed by atoms with Crippen molar-refractivity contribution in [1.82, 2.24) is 0 Å². The van der Waals surface area contributed by atoms with E-state index in [2.05, 4.69) is 20.8 Å². The first-order valence-electron chi connectivity index (χ1n) is 5.79. The molecule has 0 aromatic carbocycles. The molecule has 2 aliphatic rings. The van der Waals surface area contributed by atoms with Crippen molar-refractivity contribution in [2.24, 2.45) is 16.6 Å². The summed E-state index contributed by atoms with van der Waals surface area (Å²) in [5.74, 6) is -0.394. The van der Waals surface area contributed by atoms with Gasteiger partial charge in [-0.25, -0.2) is 0 Å². The van der Waals surface area contributed by atoms with Gasteiger partial charge in [0.15, 0.2) is 0 Å². The van der Waals surface area contributed by atoms with Crippen LogP contribution in [0.2, 0.25) is 0 Å². The van der Waals surface area contributed by atoms with Gasteiger partial charge in [0, 0.05) is 5.41 Å². The summed E-state index contributed by atoms with van der Waals surface area (Å²) >= 11 is 0. The van der Waals surface area contributed by atoms with Crippen LogP contribution in [0.5, 0.6) is 0 Å². The SMILES string of the molecule is CC(C)(C)C1(OCC(N)=O)CC2(COC2)C1. The van der Waals surface area contributed by atoms with E-state index < -0.39 is 5.91 Å². The molecular weight excluding hydrogens is 206 g/mol. The predicted octanol–water partition coefficient (Wildman–Crippen LogP) is 1.08. The number of nitrogens with two attached hydrogens (primary N) is 1. The molecule has 0 radical (unpaired) electrons. The first kappa shape index (κ1) is 11.9. The Labute approximate surface area is 96.5 Å². The largest absolute Gasteiger partial charge is 0.380 e. The van der Waals surface area contributed by atoms with Gasteiger partial charge in [0.1, 0.15) is 6.61 Å². The van der Waals surface area contributed by atoms with E-state index in [1.165, 1.54) is 0 Å². The highest BCUT2D eigenvalue weighted by Crippen LogP contribution is 2.61. The minimum atomic E-state index is -0.394. The Kier molecular flexibility index (Phi) is 2.55. The molecule has 4 heteroatoms. The molecule has 2 rings (SSSR count). The molecule has 1 spiro atoms. The first-order chi connectivity index (χ1) is 7.29. The lowest BCUT2D eigenvalue weighted by molar-refractivity contribution is -0.285. The maximum atomic E-state index is 10.8. The van der Waals surface area contributed by atoms with Crippen molar-refractivity contribution in [3.05, 3.63) is 0 Å². The summed E-state index contributed by atoms with van der Waals surface area (Å²) in [6.07, 6.45) is 1.97. The van der Waals surface area contributed by atoms with Crippen molar-refractivity contribution in [3.63, 3.8) is 0 Å². The zero-order valence-corrected chi connectivity index (χ0v) is 10.3. The molecule has 1 saturated heterocycles. The van der Waals surface area contributed by atoms with E-state index in [4.69, 9.17) is 15.2 Å². The molecule has 1 aliphatic heterocycles. The summed E-state index contributed by atoms with van der Waals surface area (Å²) in [4.78, 5) is 10.8. The van der Waals surface area contributed by atoms with Crippen LogP contribution in [-0.4, -0.2) is 31.3 Å². The highest BCUT2D eigenvalue weighted by molar-refractivity contribution is 5.75. The Morgan fingerprint density at radius 2 is 1.94 bits per heavy atom. The van der Waals surface area contributed by atoms with Gasteiger partial charge in [-0.1, -0.05) is 20.8 Å². The number of ether oxygens (including phenoxy) is 2. The second-order valence-electron chi connectivity index (χ2n) is 6.35. The maximum absolute atomic E-state index is 10.8. The van der Waals surface area contributed by atoms with Crippen LogP contribution in [-0.2, 0) is 14.3 Å². The molecule has 0 atom stereocenters. The molecule has 16 heavy (non-hydrogen) atoms. The Hall–Kier alpha value is -0.610. The van der Waals surface area contributed by atoms with Crippen LogP contribution in [0.25, 0.3) is 0 Å². The minimum absolute atomic E-state index is 0.0220. The van der Waals surface area contributed by atoms with E-state index in [1.54, 1.807) is 0 Å². The fraction of sp³-hybridized carbons (Fsp3) is 0.917. The fourth-order valence-corrected chi connectivity index (χ4v) is 2.81. The van der Waals surface area contributed by atoms with Crippen molar-refractivity contribution in [2.75, 3.05) is 19.8 Å². The van der Waals surface area contributed by atoms with E-state index in [1.807, 2.05) is 0 Å². The van der Waals surface area contributed by atoms with Gasteiger partial charge < -0.3 is 15.2 Å². The van der Waals surface area contributed by atoms with E-state index >= 15 is 0 Å². The van der Waals surface area contributed by atoms with Crippen molar-refractivity contribution in [2.45, 2.75) is 39.2 Å². The lowest BCUT2D eigenvalue weighted by atomic mass is 9.50. The van der Waals surface area contributed by atoms with Gasteiger partial charge in [-0.15, -0.1) is 0 Å². The first-order valence-corrected chi connectivity index (χ1v) is 5.79. The standard InChI is InChI=1S/C12H21NO3/c1-10(2,3)12(16-4-9(13)14)5-11(6-12)7-15-8-11/h4-8H2,1-3H3,(H2,13,14). The van der Waals surface area contributed by atoms with Crippen molar-refractivity contribution < 1.29 is 14.3 Å². The summed E-state index contributed by atoms with van der Waals surface area (Å²) in [5.41, 5.74) is 5.30. The summed E-state index contributed by atoms with van der Waals surface area (Å²) < 4.78 is 11.1. The van der Waals surface area contributed by atoms with Crippen LogP contribution in [0.4, 0.5) is 0 Å². The van der Waals surface area contributed by atoms with Crippen LogP contribution >= 0.6 is 0 Å². The molecule has 1 saturated carbocycles. The number of rotatable bonds is 3. The summed E-state index contributed by atoms with van der Waals surface area (Å²) in [7, 11) is 0. The minimum Gasteiger partial charge on any atom is -0.380 e. The number of carbonyl (C=O) groups excluding carboxylic acids is 1. The molecule has 92 valence electrons. The van der Waals surface area contributed by atoms with Crippen LogP contribution in [0, 0.1) is 10.8 Å². The Balaban J connectivity index is 2.02. The van der Waals surface area contributed by atoms with E-state index in [9.17, 15) is 4.79 Å². The smallest absolute Gasteiger partial charge is 0.243 e. The molecule has 0 bridgehead atoms. The Morgan fingerprint density at radius 3 is 2.25 bits per heavy atom. The van der Waals surface area contributed by atoms with E-state index in [-0.39, 0.29) is 17.6 Å². The number of carbonyl (C=O) groups is 1.